The first-order chi connectivity index (χ1) is 9.22. The molecule has 1 saturated carbocycles. The topological polar surface area (TPSA) is 32.9 Å². The molecule has 19 heavy (non-hydrogen) atoms. The fraction of sp³-hybridized carbons (Fsp3) is 0.438. The summed E-state index contributed by atoms with van der Waals surface area (Å²) in [5, 5.41) is 1.36. The fourth-order valence-corrected chi connectivity index (χ4v) is 4.43. The first kappa shape index (κ1) is 11.7. The Morgan fingerprint density at radius 2 is 2.21 bits per heavy atom. The number of nitrogens with one attached hydrogen (secondary N) is 1. The third-order valence-corrected chi connectivity index (χ3v) is 5.48. The van der Waals surface area contributed by atoms with E-state index in [1.54, 1.807) is 0 Å². The molecule has 1 aromatic heterocycles. The number of aromatic nitrogens is 1. The molecule has 1 heterocycles. The quantitative estimate of drug-likeness (QED) is 0.789. The molecule has 3 heteroatoms. The lowest BCUT2D eigenvalue weighted by Crippen LogP contribution is -2.41. The van der Waals surface area contributed by atoms with Crippen molar-refractivity contribution in [2.75, 3.05) is 0 Å². The molecule has 1 fully saturated rings. The number of carbonyl (C=O) groups excluding carboxylic acids is 1. The molecule has 1 atom stereocenters. The van der Waals surface area contributed by atoms with E-state index in [1.807, 2.05) is 0 Å². The van der Waals surface area contributed by atoms with Crippen LogP contribution in [0.1, 0.15) is 36.9 Å². The Balaban J connectivity index is 1.98. The van der Waals surface area contributed by atoms with Crippen molar-refractivity contribution in [1.29, 1.82) is 0 Å². The van der Waals surface area contributed by atoms with E-state index in [0.717, 1.165) is 23.6 Å². The number of carbonyl (C=O) groups is 1. The van der Waals surface area contributed by atoms with E-state index in [1.165, 1.54) is 41.4 Å². The molecule has 2 nitrogen and oxygen atoms in total. The summed E-state index contributed by atoms with van der Waals surface area (Å²) in [5.74, 6) is 0.198. The van der Waals surface area contributed by atoms with Crippen LogP contribution in [0.4, 0.5) is 0 Å². The minimum atomic E-state index is 0.198. The molecule has 0 aliphatic heterocycles. The van der Waals surface area contributed by atoms with Gasteiger partial charge in [-0.15, -0.1) is 0 Å². The van der Waals surface area contributed by atoms with Gasteiger partial charge >= 0.3 is 0 Å². The maximum atomic E-state index is 11.2. The summed E-state index contributed by atoms with van der Waals surface area (Å²) in [7, 11) is 0. The van der Waals surface area contributed by atoms with Gasteiger partial charge < -0.3 is 9.78 Å². The molecule has 0 bridgehead atoms. The Hall–Kier alpha value is -1.09. The smallest absolute Gasteiger partial charge is 0.123 e. The average molecular weight is 318 g/mol. The van der Waals surface area contributed by atoms with Crippen molar-refractivity contribution in [3.8, 4) is 0 Å². The molecule has 2 aliphatic rings. The molecule has 0 saturated heterocycles. The highest BCUT2D eigenvalue weighted by atomic mass is 79.9. The number of aromatic amines is 1. The molecular formula is C16H16BrNO. The Bertz CT molecular complexity index is 669. The first-order valence-electron chi connectivity index (χ1n) is 6.98. The van der Waals surface area contributed by atoms with E-state index in [2.05, 4.69) is 39.1 Å². The fourth-order valence-electron chi connectivity index (χ4n) is 4.07. The van der Waals surface area contributed by atoms with Gasteiger partial charge in [0.1, 0.15) is 6.29 Å². The van der Waals surface area contributed by atoms with Crippen LogP contribution in [0.2, 0.25) is 0 Å². The summed E-state index contributed by atoms with van der Waals surface area (Å²) in [4.78, 5) is 14.8. The van der Waals surface area contributed by atoms with Crippen molar-refractivity contribution in [3.63, 3.8) is 0 Å². The van der Waals surface area contributed by atoms with Gasteiger partial charge in [-0.05, 0) is 54.9 Å². The Morgan fingerprint density at radius 3 is 2.89 bits per heavy atom. The van der Waals surface area contributed by atoms with Crippen LogP contribution in [0.15, 0.2) is 22.7 Å². The zero-order chi connectivity index (χ0) is 13.0. The molecule has 1 spiro atoms. The lowest BCUT2D eigenvalue weighted by Gasteiger charge is -2.47. The summed E-state index contributed by atoms with van der Waals surface area (Å²) >= 11 is 3.58. The zero-order valence-corrected chi connectivity index (χ0v) is 12.3. The molecule has 1 aromatic carbocycles. The molecular weight excluding hydrogens is 302 g/mol. The SMILES string of the molecule is O=CC1Cc2[nH]c3ccc(Br)cc3c2C2(CCC2)C1. The van der Waals surface area contributed by atoms with Crippen molar-refractivity contribution < 1.29 is 4.79 Å². The van der Waals surface area contributed by atoms with Gasteiger partial charge in [0, 0.05) is 27.0 Å². The maximum Gasteiger partial charge on any atom is 0.123 e. The third-order valence-electron chi connectivity index (χ3n) is 4.99. The molecule has 0 amide bonds. The predicted molar refractivity (Wildman–Crippen MR) is 79.4 cm³/mol. The highest BCUT2D eigenvalue weighted by Crippen LogP contribution is 2.54. The van der Waals surface area contributed by atoms with Crippen LogP contribution in [0.3, 0.4) is 0 Å². The normalized spacial score (nSPS) is 24.2. The third kappa shape index (κ3) is 1.57. The number of benzene rings is 1. The Labute approximate surface area is 120 Å². The first-order valence-corrected chi connectivity index (χ1v) is 7.77. The van der Waals surface area contributed by atoms with E-state index < -0.39 is 0 Å². The van der Waals surface area contributed by atoms with E-state index in [9.17, 15) is 4.79 Å². The van der Waals surface area contributed by atoms with Gasteiger partial charge in [0.25, 0.3) is 0 Å². The number of rotatable bonds is 1. The molecule has 0 radical (unpaired) electrons. The van der Waals surface area contributed by atoms with Gasteiger partial charge in [0.05, 0.1) is 0 Å². The van der Waals surface area contributed by atoms with Gasteiger partial charge in [0.2, 0.25) is 0 Å². The lowest BCUT2D eigenvalue weighted by atomic mass is 9.57. The minimum absolute atomic E-state index is 0.198. The van der Waals surface area contributed by atoms with Crippen LogP contribution in [0.5, 0.6) is 0 Å². The van der Waals surface area contributed by atoms with Gasteiger partial charge in [-0.3, -0.25) is 0 Å². The highest BCUT2D eigenvalue weighted by Gasteiger charge is 2.46. The predicted octanol–water partition coefficient (Wildman–Crippen LogP) is 4.11. The van der Waals surface area contributed by atoms with E-state index in [0.29, 0.717) is 0 Å². The molecule has 4 rings (SSSR count). The molecule has 1 N–H and O–H groups in total. The van der Waals surface area contributed by atoms with Gasteiger partial charge in [-0.25, -0.2) is 0 Å². The second-order valence-electron chi connectivity index (χ2n) is 6.11. The van der Waals surface area contributed by atoms with E-state index in [-0.39, 0.29) is 11.3 Å². The summed E-state index contributed by atoms with van der Waals surface area (Å²) in [5.41, 5.74) is 4.30. The maximum absolute atomic E-state index is 11.2. The minimum Gasteiger partial charge on any atom is -0.358 e. The van der Waals surface area contributed by atoms with Gasteiger partial charge in [-0.2, -0.15) is 0 Å². The van der Waals surface area contributed by atoms with Crippen molar-refractivity contribution in [3.05, 3.63) is 33.9 Å². The van der Waals surface area contributed by atoms with Crippen LogP contribution < -0.4 is 0 Å². The van der Waals surface area contributed by atoms with Crippen LogP contribution in [0, 0.1) is 5.92 Å². The second kappa shape index (κ2) is 3.95. The molecule has 98 valence electrons. The largest absolute Gasteiger partial charge is 0.358 e. The monoisotopic (exact) mass is 317 g/mol. The van der Waals surface area contributed by atoms with E-state index >= 15 is 0 Å². The molecule has 1 unspecified atom stereocenters. The van der Waals surface area contributed by atoms with Crippen molar-refractivity contribution in [2.45, 2.75) is 37.5 Å². The van der Waals surface area contributed by atoms with Crippen LogP contribution in [-0.4, -0.2) is 11.3 Å². The van der Waals surface area contributed by atoms with Crippen LogP contribution in [0.25, 0.3) is 10.9 Å². The highest BCUT2D eigenvalue weighted by molar-refractivity contribution is 9.10. The van der Waals surface area contributed by atoms with Crippen molar-refractivity contribution in [1.82, 2.24) is 4.98 Å². The summed E-state index contributed by atoms with van der Waals surface area (Å²) in [6.07, 6.45) is 6.86. The second-order valence-corrected chi connectivity index (χ2v) is 7.02. The Morgan fingerprint density at radius 1 is 1.37 bits per heavy atom. The van der Waals surface area contributed by atoms with Crippen LogP contribution in [-0.2, 0) is 16.6 Å². The number of aldehydes is 1. The number of hydrogen-bond donors (Lipinski definition) is 1. The van der Waals surface area contributed by atoms with Crippen LogP contribution >= 0.6 is 15.9 Å². The summed E-state index contributed by atoms with van der Waals surface area (Å²) < 4.78 is 1.13. The van der Waals surface area contributed by atoms with E-state index in [4.69, 9.17) is 0 Å². The van der Waals surface area contributed by atoms with Gasteiger partial charge in [0.15, 0.2) is 0 Å². The van der Waals surface area contributed by atoms with Crippen molar-refractivity contribution >= 4 is 33.1 Å². The number of halogens is 1. The zero-order valence-electron chi connectivity index (χ0n) is 10.7. The number of fused-ring (bicyclic) bond motifs is 4. The van der Waals surface area contributed by atoms with Crippen molar-refractivity contribution in [2.24, 2.45) is 5.92 Å². The van der Waals surface area contributed by atoms with Gasteiger partial charge in [-0.1, -0.05) is 22.4 Å². The summed E-state index contributed by atoms with van der Waals surface area (Å²) in [6, 6.07) is 6.45. The number of H-pyrrole nitrogens is 1. The lowest BCUT2D eigenvalue weighted by molar-refractivity contribution is -0.112. The Kier molecular flexibility index (Phi) is 2.44. The molecule has 2 aromatic rings. The molecule has 2 aliphatic carbocycles. The standard InChI is InChI=1S/C16H16BrNO/c17-11-2-3-13-12(7-11)15-14(18-13)6-10(9-19)8-16(15)4-1-5-16/h2-3,7,9-10,18H,1,4-6,8H2. The summed E-state index contributed by atoms with van der Waals surface area (Å²) in [6.45, 7) is 0. The average Bonchev–Trinajstić information content (AvgIpc) is 2.73. The number of hydrogen-bond acceptors (Lipinski definition) is 1.